The quantitative estimate of drug-likeness (QED) is 0.786. The number of H-pyrrole nitrogens is 1. The van der Waals surface area contributed by atoms with Crippen molar-refractivity contribution in [2.45, 2.75) is 13.3 Å². The highest BCUT2D eigenvalue weighted by Crippen LogP contribution is 2.19. The Morgan fingerprint density at radius 2 is 2.16 bits per heavy atom. The Balaban J connectivity index is 2.15. The molecule has 0 fully saturated rings. The minimum atomic E-state index is -0.0792. The average molecular weight is 319 g/mol. The van der Waals surface area contributed by atoms with E-state index in [0.717, 1.165) is 15.7 Å². The Labute approximate surface area is 117 Å². The molecule has 0 unspecified atom stereocenters. The van der Waals surface area contributed by atoms with Crippen molar-refractivity contribution in [3.63, 3.8) is 0 Å². The van der Waals surface area contributed by atoms with E-state index in [1.807, 2.05) is 31.2 Å². The third kappa shape index (κ3) is 2.08. The van der Waals surface area contributed by atoms with Crippen molar-refractivity contribution >= 4 is 21.6 Å². The van der Waals surface area contributed by atoms with E-state index < -0.39 is 0 Å². The lowest BCUT2D eigenvalue weighted by Gasteiger charge is -2.07. The number of benzene rings is 1. The topological polar surface area (TPSA) is 63.1 Å². The van der Waals surface area contributed by atoms with E-state index in [1.54, 1.807) is 4.52 Å². The molecule has 0 radical (unpaired) electrons. The first-order chi connectivity index (χ1) is 9.16. The van der Waals surface area contributed by atoms with Crippen LogP contribution in [0.15, 0.2) is 39.9 Å². The normalized spacial score (nSPS) is 11.1. The first-order valence-corrected chi connectivity index (χ1v) is 6.61. The molecular weight excluding hydrogens is 308 g/mol. The number of fused-ring (bicyclic) bond motifs is 1. The smallest absolute Gasteiger partial charge is 0.230 e. The summed E-state index contributed by atoms with van der Waals surface area (Å²) in [6.45, 7) is 1.88. The molecule has 96 valence electrons. The van der Waals surface area contributed by atoms with Crippen LogP contribution >= 0.6 is 15.9 Å². The maximum absolute atomic E-state index is 12.4. The van der Waals surface area contributed by atoms with Crippen LogP contribution in [0.25, 0.3) is 5.65 Å². The van der Waals surface area contributed by atoms with Crippen molar-refractivity contribution in [1.82, 2.24) is 19.8 Å². The minimum absolute atomic E-state index is 0.0792. The fraction of sp³-hybridized carbons (Fsp3) is 0.154. The van der Waals surface area contributed by atoms with Gasteiger partial charge in [0.15, 0.2) is 0 Å². The third-order valence-electron chi connectivity index (χ3n) is 3.09. The van der Waals surface area contributed by atoms with Crippen molar-refractivity contribution in [3.8, 4) is 0 Å². The number of rotatable bonds is 2. The summed E-state index contributed by atoms with van der Waals surface area (Å²) in [4.78, 5) is 12.4. The summed E-state index contributed by atoms with van der Waals surface area (Å²) in [6.07, 6.45) is 2.05. The van der Waals surface area contributed by atoms with E-state index >= 15 is 0 Å². The molecule has 1 N–H and O–H groups in total. The van der Waals surface area contributed by atoms with Crippen molar-refractivity contribution in [1.29, 1.82) is 0 Å². The lowest BCUT2D eigenvalue weighted by Crippen LogP contribution is -2.17. The van der Waals surface area contributed by atoms with Gasteiger partial charge in [-0.1, -0.05) is 34.1 Å². The number of nitrogens with one attached hydrogen (secondary N) is 1. The van der Waals surface area contributed by atoms with Gasteiger partial charge in [0.1, 0.15) is 6.33 Å². The van der Waals surface area contributed by atoms with Crippen LogP contribution in [0.2, 0.25) is 0 Å². The summed E-state index contributed by atoms with van der Waals surface area (Å²) in [5.74, 6) is 0. The average Bonchev–Trinajstić information content (AvgIpc) is 2.84. The summed E-state index contributed by atoms with van der Waals surface area (Å²) in [7, 11) is 0. The van der Waals surface area contributed by atoms with Crippen LogP contribution in [0.5, 0.6) is 0 Å². The molecule has 19 heavy (non-hydrogen) atoms. The molecule has 0 saturated carbocycles. The minimum Gasteiger partial charge on any atom is -0.295 e. The number of hydrogen-bond donors (Lipinski definition) is 1. The standard InChI is InChI=1S/C13H11BrN4O/c1-8-10(6-9-4-2-3-5-11(9)14)12(19)13-16-15-7-18(13)17-8/h2-5,7,17H,6H2,1H3. The highest BCUT2D eigenvalue weighted by atomic mass is 79.9. The molecule has 1 aromatic carbocycles. The van der Waals surface area contributed by atoms with Gasteiger partial charge < -0.3 is 0 Å². The van der Waals surface area contributed by atoms with E-state index in [1.165, 1.54) is 6.33 Å². The lowest BCUT2D eigenvalue weighted by molar-refractivity contribution is 0.864. The van der Waals surface area contributed by atoms with E-state index in [0.29, 0.717) is 17.6 Å². The van der Waals surface area contributed by atoms with Gasteiger partial charge in [0.25, 0.3) is 0 Å². The van der Waals surface area contributed by atoms with Crippen molar-refractivity contribution < 1.29 is 0 Å². The molecule has 0 spiro atoms. The van der Waals surface area contributed by atoms with Gasteiger partial charge in [0, 0.05) is 22.2 Å². The number of aromatic amines is 1. The highest BCUT2D eigenvalue weighted by Gasteiger charge is 2.12. The molecule has 3 rings (SSSR count). The third-order valence-corrected chi connectivity index (χ3v) is 3.86. The first kappa shape index (κ1) is 12.1. The molecule has 0 saturated heterocycles. The number of aryl methyl sites for hydroxylation is 1. The van der Waals surface area contributed by atoms with Gasteiger partial charge in [-0.3, -0.25) is 9.89 Å². The zero-order valence-corrected chi connectivity index (χ0v) is 11.8. The van der Waals surface area contributed by atoms with Gasteiger partial charge in [0.05, 0.1) is 0 Å². The van der Waals surface area contributed by atoms with Gasteiger partial charge >= 0.3 is 0 Å². The number of halogens is 1. The molecule has 0 bridgehead atoms. The molecule has 0 aliphatic carbocycles. The second kappa shape index (κ2) is 4.62. The van der Waals surface area contributed by atoms with Crippen LogP contribution in [-0.4, -0.2) is 19.8 Å². The summed E-state index contributed by atoms with van der Waals surface area (Å²) in [5, 5.41) is 10.7. The van der Waals surface area contributed by atoms with Crippen molar-refractivity contribution in [3.05, 3.63) is 62.1 Å². The number of aromatic nitrogens is 4. The largest absolute Gasteiger partial charge is 0.295 e. The van der Waals surface area contributed by atoms with Crippen molar-refractivity contribution in [2.24, 2.45) is 0 Å². The van der Waals surface area contributed by atoms with E-state index in [9.17, 15) is 4.79 Å². The molecule has 2 heterocycles. The van der Waals surface area contributed by atoms with Crippen LogP contribution in [-0.2, 0) is 6.42 Å². The second-order valence-corrected chi connectivity index (χ2v) is 5.19. The summed E-state index contributed by atoms with van der Waals surface area (Å²) < 4.78 is 2.54. The van der Waals surface area contributed by atoms with E-state index in [-0.39, 0.29) is 5.43 Å². The SMILES string of the molecule is Cc1[nH]n2cnnc2c(=O)c1Cc1ccccc1Br. The van der Waals surface area contributed by atoms with Crippen LogP contribution < -0.4 is 5.43 Å². The van der Waals surface area contributed by atoms with Crippen LogP contribution in [0, 0.1) is 6.92 Å². The molecule has 0 atom stereocenters. The number of nitrogens with zero attached hydrogens (tertiary/aromatic N) is 3. The fourth-order valence-electron chi connectivity index (χ4n) is 2.07. The Bertz CT molecular complexity index is 806. The molecule has 0 aliphatic heterocycles. The zero-order valence-electron chi connectivity index (χ0n) is 10.2. The van der Waals surface area contributed by atoms with Gasteiger partial charge in [-0.05, 0) is 18.6 Å². The second-order valence-electron chi connectivity index (χ2n) is 4.34. The maximum atomic E-state index is 12.4. The Morgan fingerprint density at radius 3 is 2.95 bits per heavy atom. The molecule has 3 aromatic rings. The summed E-state index contributed by atoms with van der Waals surface area (Å²) >= 11 is 3.50. The summed E-state index contributed by atoms with van der Waals surface area (Å²) in [5.41, 5.74) is 2.86. The van der Waals surface area contributed by atoms with E-state index in [2.05, 4.69) is 31.2 Å². The molecule has 0 aliphatic rings. The summed E-state index contributed by atoms with van der Waals surface area (Å²) in [6, 6.07) is 7.87. The van der Waals surface area contributed by atoms with Gasteiger partial charge in [-0.2, -0.15) is 0 Å². The zero-order chi connectivity index (χ0) is 13.4. The van der Waals surface area contributed by atoms with Gasteiger partial charge in [-0.15, -0.1) is 10.2 Å². The highest BCUT2D eigenvalue weighted by molar-refractivity contribution is 9.10. The van der Waals surface area contributed by atoms with Crippen LogP contribution in [0.4, 0.5) is 0 Å². The Morgan fingerprint density at radius 1 is 1.37 bits per heavy atom. The fourth-order valence-corrected chi connectivity index (χ4v) is 2.50. The predicted octanol–water partition coefficient (Wildman–Crippen LogP) is 2.08. The van der Waals surface area contributed by atoms with Crippen LogP contribution in [0.3, 0.4) is 0 Å². The lowest BCUT2D eigenvalue weighted by atomic mass is 10.0. The Kier molecular flexibility index (Phi) is 2.94. The van der Waals surface area contributed by atoms with E-state index in [4.69, 9.17) is 0 Å². The predicted molar refractivity (Wildman–Crippen MR) is 75.3 cm³/mol. The van der Waals surface area contributed by atoms with Gasteiger partial charge in [-0.25, -0.2) is 4.52 Å². The monoisotopic (exact) mass is 318 g/mol. The molecular formula is C13H11BrN4O. The molecule has 2 aromatic heterocycles. The van der Waals surface area contributed by atoms with Crippen molar-refractivity contribution in [2.75, 3.05) is 0 Å². The molecule has 5 nitrogen and oxygen atoms in total. The first-order valence-electron chi connectivity index (χ1n) is 5.81. The number of hydrogen-bond acceptors (Lipinski definition) is 3. The Hall–Kier alpha value is -1.95. The molecule has 6 heteroatoms. The van der Waals surface area contributed by atoms with Gasteiger partial charge in [0.2, 0.25) is 11.1 Å². The molecule has 0 amide bonds. The van der Waals surface area contributed by atoms with Crippen LogP contribution in [0.1, 0.15) is 16.8 Å². The maximum Gasteiger partial charge on any atom is 0.230 e.